The average molecular weight is 381 g/mol. The minimum Gasteiger partial charge on any atom is -0.361 e. The maximum Gasteiger partial charge on any atom is 0.417 e. The largest absolute Gasteiger partial charge is 0.417 e. The fourth-order valence-corrected chi connectivity index (χ4v) is 3.14. The van der Waals surface area contributed by atoms with E-state index in [1.807, 2.05) is 20.8 Å². The molecule has 0 aromatic carbocycles. The van der Waals surface area contributed by atoms with Crippen LogP contribution in [0.3, 0.4) is 0 Å². The van der Waals surface area contributed by atoms with Gasteiger partial charge in [0.1, 0.15) is 11.6 Å². The second kappa shape index (κ2) is 6.98. The van der Waals surface area contributed by atoms with Crippen LogP contribution in [-0.2, 0) is 22.8 Å². The zero-order valence-corrected chi connectivity index (χ0v) is 15.5. The minimum atomic E-state index is -4.43. The maximum absolute atomic E-state index is 12.7. The van der Waals surface area contributed by atoms with Crippen molar-refractivity contribution in [1.29, 1.82) is 0 Å². The molecule has 1 saturated heterocycles. The van der Waals surface area contributed by atoms with Gasteiger partial charge in [-0.1, -0.05) is 25.9 Å². The second-order valence-electron chi connectivity index (χ2n) is 7.83. The molecule has 0 unspecified atom stereocenters. The van der Waals surface area contributed by atoms with Gasteiger partial charge >= 0.3 is 6.18 Å². The summed E-state index contributed by atoms with van der Waals surface area (Å²) < 4.78 is 43.4. The van der Waals surface area contributed by atoms with Gasteiger partial charge < -0.3 is 9.42 Å². The highest BCUT2D eigenvalue weighted by Crippen LogP contribution is 2.31. The van der Waals surface area contributed by atoms with Crippen LogP contribution in [0, 0.1) is 0 Å². The third kappa shape index (κ3) is 4.31. The van der Waals surface area contributed by atoms with Crippen molar-refractivity contribution in [3.8, 4) is 0 Å². The first-order valence-electron chi connectivity index (χ1n) is 8.84. The first-order valence-corrected chi connectivity index (χ1v) is 8.84. The molecule has 0 aliphatic carbocycles. The number of hydrogen-bond acceptors (Lipinski definition) is 5. The van der Waals surface area contributed by atoms with Crippen LogP contribution in [0.2, 0.25) is 0 Å². The van der Waals surface area contributed by atoms with Crippen LogP contribution in [0.1, 0.15) is 50.6 Å². The number of carbonyl (C=O) groups excluding carboxylic acids is 1. The van der Waals surface area contributed by atoms with Gasteiger partial charge in [-0.25, -0.2) is 4.98 Å². The number of carbonyl (C=O) groups is 1. The summed E-state index contributed by atoms with van der Waals surface area (Å²) in [6, 6.07) is 3.68. The lowest BCUT2D eigenvalue weighted by molar-refractivity contribution is -0.137. The van der Waals surface area contributed by atoms with Crippen LogP contribution < -0.4 is 4.90 Å². The number of nitrogens with zero attached hydrogens (tertiary/aromatic N) is 3. The highest BCUT2D eigenvalue weighted by molar-refractivity contribution is 5.89. The number of Topliss-reactive ketones (excluding diaryl/α,β-unsaturated/α-hetero) is 1. The zero-order valence-electron chi connectivity index (χ0n) is 15.5. The highest BCUT2D eigenvalue weighted by atomic mass is 19.4. The summed E-state index contributed by atoms with van der Waals surface area (Å²) in [5, 5.41) is 4.02. The monoisotopic (exact) mass is 381 g/mol. The van der Waals surface area contributed by atoms with Gasteiger partial charge in [-0.2, -0.15) is 13.2 Å². The molecule has 0 radical (unpaired) electrons. The van der Waals surface area contributed by atoms with Gasteiger partial charge in [-0.3, -0.25) is 4.79 Å². The lowest BCUT2D eigenvalue weighted by atomic mass is 9.92. The van der Waals surface area contributed by atoms with E-state index >= 15 is 0 Å². The van der Waals surface area contributed by atoms with E-state index in [-0.39, 0.29) is 17.6 Å². The van der Waals surface area contributed by atoms with Gasteiger partial charge in [-0.05, 0) is 25.0 Å². The molecular formula is C19H22F3N3O2. The van der Waals surface area contributed by atoms with Crippen molar-refractivity contribution in [2.45, 2.75) is 57.7 Å². The predicted octanol–water partition coefficient (Wildman–Crippen LogP) is 4.17. The van der Waals surface area contributed by atoms with Gasteiger partial charge in [0.15, 0.2) is 5.78 Å². The maximum atomic E-state index is 12.7. The van der Waals surface area contributed by atoms with Gasteiger partial charge in [0.2, 0.25) is 0 Å². The molecule has 3 rings (SSSR count). The van der Waals surface area contributed by atoms with Crippen LogP contribution in [0.4, 0.5) is 19.0 Å². The van der Waals surface area contributed by atoms with E-state index < -0.39 is 17.8 Å². The summed E-state index contributed by atoms with van der Waals surface area (Å²) in [4.78, 5) is 18.4. The number of halogens is 3. The molecule has 1 fully saturated rings. The van der Waals surface area contributed by atoms with Crippen molar-refractivity contribution >= 4 is 11.6 Å². The third-order valence-corrected chi connectivity index (χ3v) is 4.67. The van der Waals surface area contributed by atoms with Gasteiger partial charge in [0, 0.05) is 24.2 Å². The number of alkyl halides is 3. The molecule has 3 heterocycles. The molecule has 1 aliphatic rings. The third-order valence-electron chi connectivity index (χ3n) is 4.67. The first-order chi connectivity index (χ1) is 12.6. The van der Waals surface area contributed by atoms with Crippen LogP contribution >= 0.6 is 0 Å². The second-order valence-corrected chi connectivity index (χ2v) is 7.83. The number of aromatic nitrogens is 2. The number of anilines is 1. The fraction of sp³-hybridized carbons (Fsp3) is 0.526. The van der Waals surface area contributed by atoms with Gasteiger partial charge in [0.25, 0.3) is 0 Å². The minimum absolute atomic E-state index is 0.0502. The predicted molar refractivity (Wildman–Crippen MR) is 93.5 cm³/mol. The zero-order chi connectivity index (χ0) is 19.8. The molecule has 27 heavy (non-hydrogen) atoms. The van der Waals surface area contributed by atoms with Crippen molar-refractivity contribution in [2.24, 2.45) is 0 Å². The Hall–Kier alpha value is -2.38. The lowest BCUT2D eigenvalue weighted by Gasteiger charge is -2.24. The van der Waals surface area contributed by atoms with Gasteiger partial charge in [0.05, 0.1) is 23.7 Å². The van der Waals surface area contributed by atoms with Crippen LogP contribution in [0.5, 0.6) is 0 Å². The Labute approximate surface area is 155 Å². The first kappa shape index (κ1) is 19.4. The fourth-order valence-electron chi connectivity index (χ4n) is 3.14. The Bertz CT molecular complexity index is 807. The van der Waals surface area contributed by atoms with Crippen LogP contribution in [0.25, 0.3) is 0 Å². The normalized spacial score (nSPS) is 18.1. The average Bonchev–Trinajstić information content (AvgIpc) is 3.22. The molecule has 5 nitrogen and oxygen atoms in total. The Morgan fingerprint density at radius 2 is 2.04 bits per heavy atom. The molecule has 0 amide bonds. The molecule has 0 bridgehead atoms. The van der Waals surface area contributed by atoms with Gasteiger partial charge in [-0.15, -0.1) is 0 Å². The molecule has 2 aromatic rings. The summed E-state index contributed by atoms with van der Waals surface area (Å²) in [6.07, 6.45) is -2.10. The van der Waals surface area contributed by atoms with Crippen molar-refractivity contribution in [3.63, 3.8) is 0 Å². The molecule has 146 valence electrons. The Kier molecular flexibility index (Phi) is 5.01. The number of hydrogen-bond donors (Lipinski definition) is 0. The Morgan fingerprint density at radius 3 is 2.59 bits per heavy atom. The van der Waals surface area contributed by atoms with Crippen LogP contribution in [0.15, 0.2) is 28.9 Å². The summed E-state index contributed by atoms with van der Waals surface area (Å²) in [6.45, 7) is 6.60. The van der Waals surface area contributed by atoms with Crippen molar-refractivity contribution in [3.05, 3.63) is 41.4 Å². The Balaban J connectivity index is 1.72. The van der Waals surface area contributed by atoms with E-state index in [0.29, 0.717) is 24.5 Å². The molecule has 2 aromatic heterocycles. The van der Waals surface area contributed by atoms with E-state index in [4.69, 9.17) is 4.52 Å². The van der Waals surface area contributed by atoms with E-state index in [1.54, 1.807) is 11.0 Å². The molecule has 8 heteroatoms. The van der Waals surface area contributed by atoms with E-state index in [2.05, 4.69) is 10.1 Å². The summed E-state index contributed by atoms with van der Waals surface area (Å²) in [5.41, 5.74) is -0.198. The van der Waals surface area contributed by atoms with Crippen LogP contribution in [-0.4, -0.2) is 28.5 Å². The topological polar surface area (TPSA) is 59.2 Å². The molecule has 0 saturated carbocycles. The number of ketones is 1. The smallest absolute Gasteiger partial charge is 0.361 e. The lowest BCUT2D eigenvalue weighted by Crippen LogP contribution is -2.37. The quantitative estimate of drug-likeness (QED) is 0.796. The summed E-state index contributed by atoms with van der Waals surface area (Å²) in [7, 11) is 0. The number of rotatable bonds is 4. The molecular weight excluding hydrogens is 359 g/mol. The summed E-state index contributed by atoms with van der Waals surface area (Å²) in [5.74, 6) is 0.828. The Morgan fingerprint density at radius 1 is 1.30 bits per heavy atom. The van der Waals surface area contributed by atoms with Crippen molar-refractivity contribution in [1.82, 2.24) is 10.1 Å². The van der Waals surface area contributed by atoms with Crippen molar-refractivity contribution in [2.75, 3.05) is 11.4 Å². The number of pyridine rings is 1. The molecule has 1 aliphatic heterocycles. The van der Waals surface area contributed by atoms with E-state index in [9.17, 15) is 18.0 Å². The molecule has 1 atom stereocenters. The standard InChI is InChI=1S/C19H22F3N3O2/c1-18(2,3)16-10-13(27-24-16)9-15(26)14-5-4-8-25(14)17-7-6-12(11-23-17)19(20,21)22/h6-7,10-11,14H,4-5,8-9H2,1-3H3/t14-/m0/s1. The van der Waals surface area contributed by atoms with E-state index in [0.717, 1.165) is 24.4 Å². The highest BCUT2D eigenvalue weighted by Gasteiger charge is 2.34. The summed E-state index contributed by atoms with van der Waals surface area (Å²) >= 11 is 0. The molecule has 0 N–H and O–H groups in total. The van der Waals surface area contributed by atoms with Crippen molar-refractivity contribution < 1.29 is 22.5 Å². The van der Waals surface area contributed by atoms with E-state index in [1.165, 1.54) is 6.07 Å². The SMILES string of the molecule is CC(C)(C)c1cc(CC(=O)[C@@H]2CCCN2c2ccc(C(F)(F)F)cn2)on1. The molecule has 0 spiro atoms.